The van der Waals surface area contributed by atoms with Gasteiger partial charge in [0, 0.05) is 167 Å². The number of pyridine rings is 8. The first kappa shape index (κ1) is 90.2. The van der Waals surface area contributed by atoms with E-state index in [0.717, 1.165) is 203 Å². The zero-order chi connectivity index (χ0) is 94.7. The van der Waals surface area contributed by atoms with Crippen LogP contribution < -0.4 is 61.3 Å². The van der Waals surface area contributed by atoms with E-state index in [4.69, 9.17) is 0 Å². The molecular weight excluding hydrogens is 1750 g/mol. The second-order valence-corrected chi connectivity index (χ2v) is 36.2. The highest BCUT2D eigenvalue weighted by molar-refractivity contribution is 6.15. The smallest absolute Gasteiger partial charge is 0.321 e. The third-order valence-electron chi connectivity index (χ3n) is 26.2. The first-order valence-corrected chi connectivity index (χ1v) is 47.7. The number of nitrogens with zero attached hydrogens (tertiary/aromatic N) is 19. The average Bonchev–Trinajstić information content (AvgIpc) is 1.66. The number of carbonyl (C=O) groups is 6. The molecule has 16 aromatic rings. The van der Waals surface area contributed by atoms with Crippen molar-refractivity contribution in [3.05, 3.63) is 243 Å². The van der Waals surface area contributed by atoms with Gasteiger partial charge in [-0.05, 0) is 240 Å². The molecule has 0 unspecified atom stereocenters. The Morgan fingerprint density at radius 3 is 0.827 bits per heavy atom. The quantitative estimate of drug-likeness (QED) is 0.0319. The number of hydrogen-bond acceptors (Lipinski definition) is 24. The monoisotopic (exact) mass is 1860 g/mol. The minimum absolute atomic E-state index is 0.0381. The Bertz CT molecular complexity index is 6920. The summed E-state index contributed by atoms with van der Waals surface area (Å²) in [4.78, 5) is 127. The lowest BCUT2D eigenvalue weighted by molar-refractivity contribution is -0.117. The SMILES string of the molecule is CN(C)C(=O)Nc1cncc(-c2ccc3[nH]nc(C(=O)Nc4ccc(N5CCCC5)nc4)c3c2)c1.O=C(Nc1ccc(N2CCCC2)nc1)c1n[nH]c2ccc(-c3cncc(N4CCCC4)c3)cc12.O=C(Nc1ccc(N2CCCC2)nc1)c1n[nH]c2ccc(-c3cncc(N4CCCCC4)c3)cc12.O=C(Nc1ccc(N2CCCC2)nc1)c1n[nH]c2ccc(-c3cncc(NC(=O)C4CC4)c3)cc12. The van der Waals surface area contributed by atoms with E-state index in [1.807, 2.05) is 158 Å². The van der Waals surface area contributed by atoms with Crippen LogP contribution in [0.25, 0.3) is 88.1 Å². The third kappa shape index (κ3) is 21.2. The van der Waals surface area contributed by atoms with Crippen LogP contribution in [0.4, 0.5) is 73.6 Å². The van der Waals surface area contributed by atoms with Crippen molar-refractivity contribution in [3.8, 4) is 44.5 Å². The van der Waals surface area contributed by atoms with Gasteiger partial charge in [0.05, 0.1) is 117 Å². The van der Waals surface area contributed by atoms with E-state index in [0.29, 0.717) is 62.0 Å². The Kier molecular flexibility index (Phi) is 26.8. The molecule has 6 saturated heterocycles. The number of nitrogens with one attached hydrogen (secondary N) is 10. The molecule has 7 amide bonds. The largest absolute Gasteiger partial charge is 0.370 e. The van der Waals surface area contributed by atoms with Gasteiger partial charge in [0.25, 0.3) is 23.6 Å². The summed E-state index contributed by atoms with van der Waals surface area (Å²) in [5.41, 5.74) is 18.0. The van der Waals surface area contributed by atoms with Crippen LogP contribution in [0.5, 0.6) is 0 Å². The van der Waals surface area contributed by atoms with Gasteiger partial charge in [-0.1, -0.05) is 24.3 Å². The lowest BCUT2D eigenvalue weighted by Gasteiger charge is -2.28. The summed E-state index contributed by atoms with van der Waals surface area (Å²) in [7, 11) is 3.34. The van der Waals surface area contributed by atoms with Gasteiger partial charge >= 0.3 is 6.03 Å². The third-order valence-corrected chi connectivity index (χ3v) is 26.2. The fourth-order valence-electron chi connectivity index (χ4n) is 18.4. The van der Waals surface area contributed by atoms with Crippen LogP contribution in [0.2, 0.25) is 0 Å². The maximum absolute atomic E-state index is 13.1. The second kappa shape index (κ2) is 41.3. The molecule has 12 aromatic heterocycles. The molecule has 0 spiro atoms. The molecule has 35 nitrogen and oxygen atoms in total. The van der Waals surface area contributed by atoms with Crippen molar-refractivity contribution in [2.45, 2.75) is 96.3 Å². The Labute approximate surface area is 801 Å². The molecule has 7 fully saturated rings. The van der Waals surface area contributed by atoms with Crippen molar-refractivity contribution >= 4 is 148 Å². The number of hydrogen-bond donors (Lipinski definition) is 10. The van der Waals surface area contributed by atoms with Gasteiger partial charge in [0.15, 0.2) is 22.8 Å². The van der Waals surface area contributed by atoms with Crippen molar-refractivity contribution in [1.29, 1.82) is 0 Å². The molecule has 35 heteroatoms. The highest BCUT2D eigenvalue weighted by Gasteiger charge is 2.31. The Hall–Kier alpha value is -16.6. The van der Waals surface area contributed by atoms with Crippen molar-refractivity contribution in [2.75, 3.05) is 154 Å². The van der Waals surface area contributed by atoms with Gasteiger partial charge in [0.1, 0.15) is 23.3 Å². The van der Waals surface area contributed by atoms with Crippen LogP contribution in [0.3, 0.4) is 0 Å². The van der Waals surface area contributed by atoms with Gasteiger partial charge in [-0.2, -0.15) is 20.4 Å². The van der Waals surface area contributed by atoms with E-state index in [-0.39, 0.29) is 47.2 Å². The summed E-state index contributed by atoms with van der Waals surface area (Å²) in [6, 6.07) is 46.6. The van der Waals surface area contributed by atoms with E-state index in [1.165, 1.54) is 88.4 Å². The molecule has 704 valence electrons. The second-order valence-electron chi connectivity index (χ2n) is 36.2. The number of benzene rings is 4. The highest BCUT2D eigenvalue weighted by Crippen LogP contribution is 2.37. The van der Waals surface area contributed by atoms with Crippen molar-refractivity contribution in [1.82, 2.24) is 85.6 Å². The molecule has 23 rings (SSSR count). The normalized spacial score (nSPS) is 15.1. The average molecular weight is 1860 g/mol. The summed E-state index contributed by atoms with van der Waals surface area (Å²) in [6.07, 6.45) is 38.7. The summed E-state index contributed by atoms with van der Waals surface area (Å²) in [5.74, 6) is 2.76. The zero-order valence-electron chi connectivity index (χ0n) is 77.4. The fraction of sp³-hybridized carbons (Fsp3) is 0.288. The summed E-state index contributed by atoms with van der Waals surface area (Å²) in [5, 5.41) is 49.3. The van der Waals surface area contributed by atoms with E-state index in [9.17, 15) is 28.8 Å². The molecule has 0 bridgehead atoms. The maximum Gasteiger partial charge on any atom is 0.321 e. The molecule has 7 aliphatic rings. The van der Waals surface area contributed by atoms with Crippen LogP contribution in [0, 0.1) is 5.92 Å². The van der Waals surface area contributed by atoms with Crippen molar-refractivity contribution in [3.63, 3.8) is 0 Å². The first-order chi connectivity index (χ1) is 68.1. The summed E-state index contributed by atoms with van der Waals surface area (Å²) >= 11 is 0. The Morgan fingerprint density at radius 1 is 0.273 bits per heavy atom. The molecule has 18 heterocycles. The molecule has 1 saturated carbocycles. The molecule has 6 aliphatic heterocycles. The molecule has 4 aromatic carbocycles. The minimum Gasteiger partial charge on any atom is -0.370 e. The topological polar surface area (TPSA) is 415 Å². The standard InChI is InChI=1S/C27H29N7O.C26H25N7O2.C26H27N7O.C25H26N8O2/c35-27(30-21-7-9-25(29-17-21)34-12-4-5-13-34)26-23-15-19(6-8-24(23)31-32-26)20-14-22(18-28-16-20)33-10-2-1-3-11-33;34-25(16-3-4-16)30-20-11-18(13-27-14-20)17-5-7-22-21(12-17)24(32-31-22)26(35)29-19-6-8-23(28-15-19)33-9-1-2-10-33;34-26(29-20-6-8-24(28-16-20)33-11-3-4-12-33)25-22-14-18(5-7-23(22)30-31-25)19-13-21(17-27-15-19)32-9-1-2-10-32;1-32(2)25(35)29-19-11-17(13-26-14-19)16-5-7-21-20(12-16)23(31-30-21)24(34)28-18-6-8-22(27-15-18)33-9-3-4-10-33/h6-9,14-18H,1-5,10-13H2,(H,30,35)(H,31,32);5-8,11-16H,1-4,9-10H2,(H,29,35)(H,30,34)(H,31,32);5-8,13-17H,1-4,9-12H2,(H,29,34)(H,30,31);5-8,11-15H,3-4,9-10H2,1-2H3,(H,28,34)(H,29,35)(H,30,31). The number of amides is 7. The number of carbonyl (C=O) groups excluding carboxylic acids is 6. The molecular formula is C104H107N29O6. The molecule has 0 radical (unpaired) electrons. The van der Waals surface area contributed by atoms with E-state index >= 15 is 0 Å². The van der Waals surface area contributed by atoms with Crippen LogP contribution in [-0.4, -0.2) is 214 Å². The van der Waals surface area contributed by atoms with Crippen LogP contribution in [0.1, 0.15) is 138 Å². The van der Waals surface area contributed by atoms with Crippen molar-refractivity contribution < 1.29 is 28.8 Å². The van der Waals surface area contributed by atoms with E-state index < -0.39 is 0 Å². The predicted molar refractivity (Wildman–Crippen MR) is 543 cm³/mol. The highest BCUT2D eigenvalue weighted by atomic mass is 16.2. The molecule has 0 atom stereocenters. The number of anilines is 12. The Morgan fingerprint density at radius 2 is 0.547 bits per heavy atom. The first-order valence-electron chi connectivity index (χ1n) is 47.7. The van der Waals surface area contributed by atoms with Crippen LogP contribution in [-0.2, 0) is 4.79 Å². The van der Waals surface area contributed by atoms with Gasteiger partial charge < -0.3 is 66.2 Å². The van der Waals surface area contributed by atoms with Gasteiger partial charge in [0.2, 0.25) is 5.91 Å². The number of aromatic amines is 4. The lowest BCUT2D eigenvalue weighted by atomic mass is 10.0. The van der Waals surface area contributed by atoms with Gasteiger partial charge in [-0.15, -0.1) is 0 Å². The maximum atomic E-state index is 13.1. The van der Waals surface area contributed by atoms with E-state index in [2.05, 4.69) is 154 Å². The number of urea groups is 1. The molecule has 10 N–H and O–H groups in total. The summed E-state index contributed by atoms with van der Waals surface area (Å²) in [6.45, 7) is 12.5. The summed E-state index contributed by atoms with van der Waals surface area (Å²) < 4.78 is 0. The van der Waals surface area contributed by atoms with Crippen molar-refractivity contribution in [2.24, 2.45) is 5.92 Å². The molecule has 139 heavy (non-hydrogen) atoms. The minimum atomic E-state index is -0.325. The van der Waals surface area contributed by atoms with Crippen LogP contribution in [0.15, 0.2) is 220 Å². The number of rotatable bonds is 21. The molecule has 1 aliphatic carbocycles. The Balaban J connectivity index is 0.000000114. The number of fused-ring (bicyclic) bond motifs is 4. The lowest BCUT2D eigenvalue weighted by Crippen LogP contribution is -2.29. The van der Waals surface area contributed by atoms with Gasteiger partial charge in [-0.3, -0.25) is 64.3 Å². The number of piperidine rings is 1. The number of H-pyrrole nitrogens is 4. The fourth-order valence-corrected chi connectivity index (χ4v) is 18.4. The van der Waals surface area contributed by atoms with Crippen LogP contribution >= 0.6 is 0 Å². The van der Waals surface area contributed by atoms with Gasteiger partial charge in [-0.25, -0.2) is 24.7 Å². The zero-order valence-corrected chi connectivity index (χ0v) is 77.4. The number of aromatic nitrogens is 16. The van der Waals surface area contributed by atoms with E-state index in [1.54, 1.807) is 63.7 Å². The predicted octanol–water partition coefficient (Wildman–Crippen LogP) is 17.5.